The quantitative estimate of drug-likeness (QED) is 0.623. The van der Waals surface area contributed by atoms with Gasteiger partial charge in [0, 0.05) is 5.41 Å². The standard InChI is InChI=1S/C13H19ClO/c1-11-3-9-4-12(2,6-11)8-13(5-9,7-11)10(14)15/h9H,3-8H2,1-2H3/t9?,11-,12-,13?/m1/s1. The summed E-state index contributed by atoms with van der Waals surface area (Å²) in [7, 11) is 0. The molecule has 1 nitrogen and oxygen atoms in total. The zero-order valence-corrected chi connectivity index (χ0v) is 10.4. The van der Waals surface area contributed by atoms with E-state index in [1.807, 2.05) is 0 Å². The molecule has 0 aromatic heterocycles. The van der Waals surface area contributed by atoms with Crippen LogP contribution in [0.5, 0.6) is 0 Å². The maximum Gasteiger partial charge on any atom is 0.227 e. The van der Waals surface area contributed by atoms with Crippen molar-refractivity contribution in [1.82, 2.24) is 0 Å². The Morgan fingerprint density at radius 1 is 1.07 bits per heavy atom. The number of hydrogen-bond donors (Lipinski definition) is 0. The molecule has 4 rings (SSSR count). The first-order valence-electron chi connectivity index (χ1n) is 6.05. The fraction of sp³-hybridized carbons (Fsp3) is 0.923. The van der Waals surface area contributed by atoms with Crippen LogP contribution in [0.1, 0.15) is 52.4 Å². The fourth-order valence-corrected chi connectivity index (χ4v) is 5.88. The first kappa shape index (κ1) is 10.1. The van der Waals surface area contributed by atoms with Gasteiger partial charge in [-0.3, -0.25) is 4.79 Å². The predicted molar refractivity (Wildman–Crippen MR) is 60.7 cm³/mol. The molecule has 0 aromatic carbocycles. The van der Waals surface area contributed by atoms with Crippen molar-refractivity contribution in [3.05, 3.63) is 0 Å². The van der Waals surface area contributed by atoms with Gasteiger partial charge in [0.05, 0.1) is 0 Å². The molecule has 2 atom stereocenters. The second-order valence-corrected chi connectivity index (χ2v) is 7.53. The molecule has 0 N–H and O–H groups in total. The average molecular weight is 227 g/mol. The van der Waals surface area contributed by atoms with Crippen LogP contribution in [-0.4, -0.2) is 5.24 Å². The van der Waals surface area contributed by atoms with Crippen LogP contribution >= 0.6 is 11.6 Å². The molecule has 0 heterocycles. The normalized spacial score (nSPS) is 57.1. The van der Waals surface area contributed by atoms with Gasteiger partial charge < -0.3 is 0 Å². The van der Waals surface area contributed by atoms with E-state index in [0.717, 1.165) is 25.2 Å². The van der Waals surface area contributed by atoms with Crippen molar-refractivity contribution in [1.29, 1.82) is 0 Å². The van der Waals surface area contributed by atoms with E-state index in [4.69, 9.17) is 11.6 Å². The molecule has 0 aliphatic heterocycles. The largest absolute Gasteiger partial charge is 0.281 e. The summed E-state index contributed by atoms with van der Waals surface area (Å²) in [5.41, 5.74) is 0.655. The highest BCUT2D eigenvalue weighted by molar-refractivity contribution is 6.64. The van der Waals surface area contributed by atoms with Crippen LogP contribution in [0.3, 0.4) is 0 Å². The Bertz CT molecular complexity index is 317. The molecular weight excluding hydrogens is 208 g/mol. The van der Waals surface area contributed by atoms with Gasteiger partial charge in [0.25, 0.3) is 0 Å². The van der Waals surface area contributed by atoms with Crippen molar-refractivity contribution in [3.8, 4) is 0 Å². The smallest absolute Gasteiger partial charge is 0.227 e. The number of carbonyl (C=O) groups excluding carboxylic acids is 1. The van der Waals surface area contributed by atoms with Crippen molar-refractivity contribution in [2.75, 3.05) is 0 Å². The molecular formula is C13H19ClO. The Hall–Kier alpha value is -0.0400. The second kappa shape index (κ2) is 2.61. The maximum atomic E-state index is 11.7. The molecule has 4 saturated carbocycles. The Labute approximate surface area is 96.6 Å². The molecule has 4 aliphatic carbocycles. The lowest BCUT2D eigenvalue weighted by Gasteiger charge is -2.64. The van der Waals surface area contributed by atoms with Crippen LogP contribution in [0.15, 0.2) is 0 Å². The van der Waals surface area contributed by atoms with Gasteiger partial charge in [-0.1, -0.05) is 13.8 Å². The van der Waals surface area contributed by atoms with Crippen molar-refractivity contribution in [2.24, 2.45) is 22.2 Å². The van der Waals surface area contributed by atoms with E-state index in [0.29, 0.717) is 10.8 Å². The van der Waals surface area contributed by atoms with Crippen LogP contribution in [0.25, 0.3) is 0 Å². The Balaban J connectivity index is 2.05. The molecule has 0 saturated heterocycles. The van der Waals surface area contributed by atoms with Crippen LogP contribution in [-0.2, 0) is 4.79 Å². The van der Waals surface area contributed by atoms with E-state index in [-0.39, 0.29) is 10.7 Å². The van der Waals surface area contributed by atoms with E-state index >= 15 is 0 Å². The van der Waals surface area contributed by atoms with E-state index in [1.54, 1.807) is 0 Å². The highest BCUT2D eigenvalue weighted by atomic mass is 35.5. The predicted octanol–water partition coefficient (Wildman–Crippen LogP) is 3.75. The highest BCUT2D eigenvalue weighted by Gasteiger charge is 2.62. The van der Waals surface area contributed by atoms with E-state index in [9.17, 15) is 4.79 Å². The van der Waals surface area contributed by atoms with Crippen LogP contribution in [0.4, 0.5) is 0 Å². The third kappa shape index (κ3) is 1.32. The molecule has 4 fully saturated rings. The van der Waals surface area contributed by atoms with Gasteiger partial charge >= 0.3 is 0 Å². The summed E-state index contributed by atoms with van der Waals surface area (Å²) in [6.45, 7) is 4.73. The first-order chi connectivity index (χ1) is 6.85. The van der Waals surface area contributed by atoms with Gasteiger partial charge in [-0.05, 0) is 66.9 Å². The fourth-order valence-electron chi connectivity index (χ4n) is 5.67. The Kier molecular flexibility index (Phi) is 1.77. The van der Waals surface area contributed by atoms with Gasteiger partial charge in [-0.15, -0.1) is 0 Å². The zero-order valence-electron chi connectivity index (χ0n) is 9.61. The number of halogens is 1. The summed E-state index contributed by atoms with van der Waals surface area (Å²) in [5, 5.41) is -0.0518. The molecule has 4 bridgehead atoms. The van der Waals surface area contributed by atoms with Crippen molar-refractivity contribution >= 4 is 16.8 Å². The van der Waals surface area contributed by atoms with Gasteiger partial charge in [0.2, 0.25) is 5.24 Å². The highest BCUT2D eigenvalue weighted by Crippen LogP contribution is 2.69. The van der Waals surface area contributed by atoms with Crippen molar-refractivity contribution < 1.29 is 4.79 Å². The summed E-state index contributed by atoms with van der Waals surface area (Å²) in [6.07, 6.45) is 7.13. The minimum absolute atomic E-state index is 0.0518. The van der Waals surface area contributed by atoms with Crippen molar-refractivity contribution in [2.45, 2.75) is 52.4 Å². The molecule has 15 heavy (non-hydrogen) atoms. The molecule has 0 spiro atoms. The maximum absolute atomic E-state index is 11.7. The van der Waals surface area contributed by atoms with Gasteiger partial charge in [-0.25, -0.2) is 0 Å². The average Bonchev–Trinajstić information content (AvgIpc) is 1.95. The van der Waals surface area contributed by atoms with E-state index < -0.39 is 0 Å². The first-order valence-corrected chi connectivity index (χ1v) is 6.43. The van der Waals surface area contributed by atoms with Crippen LogP contribution in [0, 0.1) is 22.2 Å². The summed E-state index contributed by atoms with van der Waals surface area (Å²) >= 11 is 5.88. The molecule has 0 radical (unpaired) electrons. The lowest BCUT2D eigenvalue weighted by Crippen LogP contribution is -2.56. The number of hydrogen-bond acceptors (Lipinski definition) is 1. The Morgan fingerprint density at radius 3 is 2.00 bits per heavy atom. The summed E-state index contributed by atoms with van der Waals surface area (Å²) in [4.78, 5) is 11.7. The van der Waals surface area contributed by atoms with E-state index in [2.05, 4.69) is 13.8 Å². The van der Waals surface area contributed by atoms with Gasteiger partial charge in [0.1, 0.15) is 0 Å². The van der Waals surface area contributed by atoms with Crippen LogP contribution < -0.4 is 0 Å². The summed E-state index contributed by atoms with van der Waals surface area (Å²) < 4.78 is 0. The summed E-state index contributed by atoms with van der Waals surface area (Å²) in [6, 6.07) is 0. The number of rotatable bonds is 1. The van der Waals surface area contributed by atoms with Gasteiger partial charge in [-0.2, -0.15) is 0 Å². The zero-order chi connectivity index (χ0) is 10.9. The third-order valence-corrected chi connectivity index (χ3v) is 5.44. The molecule has 0 amide bonds. The van der Waals surface area contributed by atoms with Crippen molar-refractivity contribution in [3.63, 3.8) is 0 Å². The Morgan fingerprint density at radius 2 is 1.60 bits per heavy atom. The van der Waals surface area contributed by atoms with Crippen LogP contribution in [0.2, 0.25) is 0 Å². The molecule has 84 valence electrons. The third-order valence-electron chi connectivity index (χ3n) is 5.04. The van der Waals surface area contributed by atoms with E-state index in [1.165, 1.54) is 19.3 Å². The molecule has 0 unspecified atom stereocenters. The second-order valence-electron chi connectivity index (χ2n) is 7.18. The topological polar surface area (TPSA) is 17.1 Å². The minimum Gasteiger partial charge on any atom is -0.281 e. The number of carbonyl (C=O) groups is 1. The van der Waals surface area contributed by atoms with Gasteiger partial charge in [0.15, 0.2) is 0 Å². The molecule has 2 heteroatoms. The monoisotopic (exact) mass is 226 g/mol. The molecule has 0 aromatic rings. The SMILES string of the molecule is C[C@]12CC3CC(C(=O)Cl)(C1)C[C@](C)(C3)C2. The summed E-state index contributed by atoms with van der Waals surface area (Å²) in [5.74, 6) is 0.763. The lowest BCUT2D eigenvalue weighted by atomic mass is 9.40. The lowest BCUT2D eigenvalue weighted by molar-refractivity contribution is -0.160. The molecule has 4 aliphatic rings. The minimum atomic E-state index is -0.148.